The molecule has 29 heavy (non-hydrogen) atoms. The fourth-order valence-electron chi connectivity index (χ4n) is 2.98. The quantitative estimate of drug-likeness (QED) is 0.565. The third-order valence-electron chi connectivity index (χ3n) is 4.41. The van der Waals surface area contributed by atoms with Crippen molar-refractivity contribution in [2.24, 2.45) is 12.8 Å². The highest BCUT2D eigenvalue weighted by molar-refractivity contribution is 5.93. The number of nitrogens with zero attached hydrogens (tertiary/aromatic N) is 3. The predicted octanol–water partition coefficient (Wildman–Crippen LogP) is 1.78. The van der Waals surface area contributed by atoms with Gasteiger partial charge in [-0.2, -0.15) is 0 Å². The van der Waals surface area contributed by atoms with Crippen LogP contribution >= 0.6 is 0 Å². The Kier molecular flexibility index (Phi) is 6.36. The summed E-state index contributed by atoms with van der Waals surface area (Å²) in [6.07, 6.45) is 3.91. The van der Waals surface area contributed by atoms with E-state index in [0.29, 0.717) is 30.2 Å². The van der Waals surface area contributed by atoms with Gasteiger partial charge < -0.3 is 16.4 Å². The first-order valence-corrected chi connectivity index (χ1v) is 9.28. The molecule has 0 radical (unpaired) electrons. The van der Waals surface area contributed by atoms with E-state index < -0.39 is 0 Å². The van der Waals surface area contributed by atoms with Crippen LogP contribution in [0.5, 0.6) is 0 Å². The van der Waals surface area contributed by atoms with Crippen LogP contribution in [0.4, 0.5) is 11.6 Å². The molecule has 8 nitrogen and oxygen atoms in total. The van der Waals surface area contributed by atoms with Gasteiger partial charge in [0.05, 0.1) is 0 Å². The van der Waals surface area contributed by atoms with Crippen molar-refractivity contribution < 1.29 is 4.79 Å². The molecule has 2 aromatic heterocycles. The van der Waals surface area contributed by atoms with E-state index in [9.17, 15) is 9.59 Å². The van der Waals surface area contributed by atoms with Gasteiger partial charge in [-0.05, 0) is 24.1 Å². The van der Waals surface area contributed by atoms with E-state index in [1.165, 1.54) is 11.5 Å². The topological polar surface area (TPSA) is 115 Å². The van der Waals surface area contributed by atoms with E-state index in [0.717, 1.165) is 5.56 Å². The van der Waals surface area contributed by atoms with Crippen LogP contribution in [-0.2, 0) is 18.3 Å². The number of anilines is 2. The molecule has 3 rings (SSSR count). The highest BCUT2D eigenvalue weighted by Gasteiger charge is 2.18. The summed E-state index contributed by atoms with van der Waals surface area (Å²) in [5, 5.41) is 5.76. The first-order chi connectivity index (χ1) is 14.0. The Hall–Kier alpha value is -3.52. The number of carbonyl (C=O) groups is 1. The lowest BCUT2D eigenvalue weighted by Gasteiger charge is -2.18. The summed E-state index contributed by atoms with van der Waals surface area (Å²) in [5.41, 5.74) is 8.21. The average Bonchev–Trinajstić information content (AvgIpc) is 2.72. The minimum Gasteiger partial charge on any atom is -0.354 e. The molecule has 0 aliphatic carbocycles. The molecule has 150 valence electrons. The van der Waals surface area contributed by atoms with Crippen molar-refractivity contribution in [3.8, 4) is 11.3 Å². The number of hydrogen-bond donors (Lipinski definition) is 3. The molecule has 2 heterocycles. The summed E-state index contributed by atoms with van der Waals surface area (Å²) in [6.45, 7) is 1.79. The zero-order chi connectivity index (χ0) is 20.8. The second kappa shape index (κ2) is 9.11. The van der Waals surface area contributed by atoms with Gasteiger partial charge >= 0.3 is 0 Å². The highest BCUT2D eigenvalue weighted by atomic mass is 16.2. The van der Waals surface area contributed by atoms with Crippen LogP contribution < -0.4 is 21.9 Å². The molecule has 0 saturated heterocycles. The zero-order valence-electron chi connectivity index (χ0n) is 16.4. The van der Waals surface area contributed by atoms with Gasteiger partial charge in [-0.1, -0.05) is 30.3 Å². The molecular weight excluding hydrogens is 368 g/mol. The summed E-state index contributed by atoms with van der Waals surface area (Å²) >= 11 is 0. The van der Waals surface area contributed by atoms with Gasteiger partial charge in [0.15, 0.2) is 0 Å². The molecule has 3 aromatic rings. The highest BCUT2D eigenvalue weighted by Crippen LogP contribution is 2.24. The number of nitrogens with two attached hydrogens (primary N) is 1. The summed E-state index contributed by atoms with van der Waals surface area (Å²) in [7, 11) is 1.60. The fraction of sp³-hybridized carbons (Fsp3) is 0.238. The molecule has 0 bridgehead atoms. The van der Waals surface area contributed by atoms with Gasteiger partial charge in [0, 0.05) is 44.5 Å². The summed E-state index contributed by atoms with van der Waals surface area (Å²) in [4.78, 5) is 33.1. The monoisotopic (exact) mass is 392 g/mol. The third kappa shape index (κ3) is 5.05. The van der Waals surface area contributed by atoms with E-state index >= 15 is 0 Å². The molecule has 1 aromatic carbocycles. The summed E-state index contributed by atoms with van der Waals surface area (Å²) in [5.74, 6) is 0.0317. The van der Waals surface area contributed by atoms with E-state index in [1.54, 1.807) is 31.6 Å². The van der Waals surface area contributed by atoms with E-state index in [4.69, 9.17) is 5.73 Å². The second-order valence-corrected chi connectivity index (χ2v) is 6.77. The van der Waals surface area contributed by atoms with Crippen LogP contribution in [-0.4, -0.2) is 33.0 Å². The normalized spacial score (nSPS) is 11.7. The molecule has 1 amide bonds. The molecule has 0 aliphatic heterocycles. The summed E-state index contributed by atoms with van der Waals surface area (Å²) < 4.78 is 1.37. The van der Waals surface area contributed by atoms with E-state index in [1.807, 2.05) is 30.3 Å². The molecule has 0 aliphatic rings. The van der Waals surface area contributed by atoms with Crippen LogP contribution in [0.25, 0.3) is 11.3 Å². The number of carbonyl (C=O) groups excluding carboxylic acids is 1. The van der Waals surface area contributed by atoms with Gasteiger partial charge in [0.25, 0.3) is 5.56 Å². The number of pyridine rings is 1. The third-order valence-corrected chi connectivity index (χ3v) is 4.41. The number of aromatic nitrogens is 3. The Labute approximate surface area is 168 Å². The van der Waals surface area contributed by atoms with E-state index in [2.05, 4.69) is 20.6 Å². The van der Waals surface area contributed by atoms with Gasteiger partial charge in [-0.3, -0.25) is 19.1 Å². The van der Waals surface area contributed by atoms with Crippen molar-refractivity contribution in [3.05, 3.63) is 70.8 Å². The lowest BCUT2D eigenvalue weighted by molar-refractivity contribution is -0.114. The van der Waals surface area contributed by atoms with Crippen LogP contribution in [0.1, 0.15) is 12.5 Å². The maximum absolute atomic E-state index is 12.9. The first kappa shape index (κ1) is 20.2. The van der Waals surface area contributed by atoms with Gasteiger partial charge in [-0.25, -0.2) is 4.98 Å². The van der Waals surface area contributed by atoms with Gasteiger partial charge in [-0.15, -0.1) is 0 Å². The lowest BCUT2D eigenvalue weighted by Crippen LogP contribution is -2.34. The second-order valence-electron chi connectivity index (χ2n) is 6.77. The van der Waals surface area contributed by atoms with Crippen LogP contribution in [0.15, 0.2) is 59.7 Å². The average molecular weight is 392 g/mol. The Morgan fingerprint density at radius 3 is 2.52 bits per heavy atom. The van der Waals surface area contributed by atoms with Crippen molar-refractivity contribution in [1.29, 1.82) is 0 Å². The maximum Gasteiger partial charge on any atom is 0.279 e. The maximum atomic E-state index is 12.9. The number of rotatable bonds is 7. The number of nitrogens with one attached hydrogen (secondary N) is 2. The number of hydrogen-bond acceptors (Lipinski definition) is 6. The van der Waals surface area contributed by atoms with Gasteiger partial charge in [0.2, 0.25) is 11.9 Å². The Bertz CT molecular complexity index is 1030. The van der Waals surface area contributed by atoms with Crippen molar-refractivity contribution >= 4 is 17.5 Å². The minimum atomic E-state index is -0.360. The largest absolute Gasteiger partial charge is 0.354 e. The smallest absolute Gasteiger partial charge is 0.279 e. The molecule has 0 spiro atoms. The van der Waals surface area contributed by atoms with Crippen molar-refractivity contribution in [2.45, 2.75) is 19.4 Å². The van der Waals surface area contributed by atoms with Crippen LogP contribution in [0.2, 0.25) is 0 Å². The van der Waals surface area contributed by atoms with Gasteiger partial charge in [0.1, 0.15) is 11.4 Å². The Morgan fingerprint density at radius 2 is 1.86 bits per heavy atom. The molecule has 0 saturated carbocycles. The molecule has 4 N–H and O–H groups in total. The van der Waals surface area contributed by atoms with Crippen LogP contribution in [0, 0.1) is 0 Å². The van der Waals surface area contributed by atoms with Crippen molar-refractivity contribution in [2.75, 3.05) is 17.2 Å². The van der Waals surface area contributed by atoms with Crippen molar-refractivity contribution in [1.82, 2.24) is 14.5 Å². The predicted molar refractivity (Wildman–Crippen MR) is 114 cm³/mol. The Morgan fingerprint density at radius 1 is 1.17 bits per heavy atom. The number of amides is 1. The fourth-order valence-corrected chi connectivity index (χ4v) is 2.98. The minimum absolute atomic E-state index is 0.130. The van der Waals surface area contributed by atoms with Crippen molar-refractivity contribution in [3.63, 3.8) is 0 Å². The molecule has 8 heteroatoms. The molecular formula is C21H24N6O2. The lowest BCUT2D eigenvalue weighted by atomic mass is 10.1. The SMILES string of the molecule is CC(=O)Nc1c(-c2ccncc2)nc(NCC(N)Cc2ccccc2)n(C)c1=O. The standard InChI is InChI=1S/C21H24N6O2/c1-14(28)25-19-18(16-8-10-23-11-9-16)26-21(27(2)20(19)29)24-13-17(22)12-15-6-4-3-5-7-15/h3-11,17H,12-13,22H2,1-2H3,(H,24,26)(H,25,28). The first-order valence-electron chi connectivity index (χ1n) is 9.28. The molecule has 1 atom stereocenters. The summed E-state index contributed by atoms with van der Waals surface area (Å²) in [6, 6.07) is 13.3. The Balaban J connectivity index is 1.88. The van der Waals surface area contributed by atoms with E-state index in [-0.39, 0.29) is 23.2 Å². The number of benzene rings is 1. The van der Waals surface area contributed by atoms with Crippen LogP contribution in [0.3, 0.4) is 0 Å². The molecule has 1 unspecified atom stereocenters. The molecule has 0 fully saturated rings. The zero-order valence-corrected chi connectivity index (χ0v) is 16.4.